The Kier molecular flexibility index (Phi) is 5.33. The summed E-state index contributed by atoms with van der Waals surface area (Å²) in [5.74, 6) is -1.13. The van der Waals surface area contributed by atoms with Gasteiger partial charge in [0.15, 0.2) is 0 Å². The quantitative estimate of drug-likeness (QED) is 0.663. The lowest BCUT2D eigenvalue weighted by Gasteiger charge is -2.23. The molecule has 11 heteroatoms. The van der Waals surface area contributed by atoms with Gasteiger partial charge >= 0.3 is 10.2 Å². The lowest BCUT2D eigenvalue weighted by Crippen LogP contribution is -2.35. The van der Waals surface area contributed by atoms with Crippen LogP contribution in [0.15, 0.2) is 54.8 Å². The highest BCUT2D eigenvalue weighted by Crippen LogP contribution is 2.26. The van der Waals surface area contributed by atoms with Gasteiger partial charge in [-0.05, 0) is 62.2 Å². The van der Waals surface area contributed by atoms with E-state index in [1.807, 2.05) is 0 Å². The smallest absolute Gasteiger partial charge is 0.321 e. The Morgan fingerprint density at radius 3 is 2.65 bits per heavy atom. The van der Waals surface area contributed by atoms with Gasteiger partial charge in [0.1, 0.15) is 11.5 Å². The summed E-state index contributed by atoms with van der Waals surface area (Å²) in [5.41, 5.74) is 0.391. The van der Waals surface area contributed by atoms with Crippen LogP contribution in [0.2, 0.25) is 0 Å². The molecule has 3 rings (SSSR count). The number of rotatable bonds is 3. The van der Waals surface area contributed by atoms with Gasteiger partial charge in [-0.1, -0.05) is 0 Å². The van der Waals surface area contributed by atoms with Gasteiger partial charge in [-0.3, -0.25) is 4.79 Å². The number of carbonyl (C=O) groups is 1. The summed E-state index contributed by atoms with van der Waals surface area (Å²) in [6.45, 7) is 0. The van der Waals surface area contributed by atoms with Gasteiger partial charge in [0, 0.05) is 22.6 Å². The fraction of sp³-hybridized carbons (Fsp3) is 0.0667. The Bertz CT molecular complexity index is 1060. The van der Waals surface area contributed by atoms with Crippen molar-refractivity contribution in [2.45, 2.75) is 0 Å². The van der Waals surface area contributed by atoms with Crippen LogP contribution in [0.3, 0.4) is 0 Å². The van der Waals surface area contributed by atoms with Crippen LogP contribution in [0, 0.1) is 5.82 Å². The van der Waals surface area contributed by atoms with E-state index in [1.165, 1.54) is 42.7 Å². The highest BCUT2D eigenvalue weighted by molar-refractivity contribution is 9.10. The molecule has 1 aromatic heterocycles. The second-order valence-electron chi connectivity index (χ2n) is 5.16. The maximum absolute atomic E-state index is 13.3. The van der Waals surface area contributed by atoms with Crippen LogP contribution >= 0.6 is 43.2 Å². The molecule has 0 saturated carbocycles. The van der Waals surface area contributed by atoms with E-state index in [0.717, 1.165) is 8.78 Å². The number of nitrogens with one attached hydrogen (secondary N) is 1. The zero-order valence-electron chi connectivity index (χ0n) is 13.0. The standard InChI is InChI=1S/C15H10Br2FN3O3S2/c1-21-13(15(22)19-9-2-3-11(18)10(17)5-9)6-12(20-26(21,23)24)14-4-8(16)7-25-14/h2-7H,1H3,(H,19,22). The van der Waals surface area contributed by atoms with E-state index in [4.69, 9.17) is 0 Å². The summed E-state index contributed by atoms with van der Waals surface area (Å²) < 4.78 is 43.4. The summed E-state index contributed by atoms with van der Waals surface area (Å²) in [6.07, 6.45) is 1.40. The van der Waals surface area contributed by atoms with Crippen LogP contribution in [0.5, 0.6) is 0 Å². The largest absolute Gasteiger partial charge is 0.345 e. The predicted molar refractivity (Wildman–Crippen MR) is 106 cm³/mol. The summed E-state index contributed by atoms with van der Waals surface area (Å²) in [4.78, 5) is 13.2. The first kappa shape index (κ1) is 19.2. The summed E-state index contributed by atoms with van der Waals surface area (Å²) in [6, 6.07) is 5.66. The van der Waals surface area contributed by atoms with Crippen LogP contribution in [0.25, 0.3) is 0 Å². The first-order valence-electron chi connectivity index (χ1n) is 6.99. The predicted octanol–water partition coefficient (Wildman–Crippen LogP) is 3.91. The molecule has 1 aliphatic heterocycles. The molecule has 0 aliphatic carbocycles. The molecule has 0 saturated heterocycles. The first-order chi connectivity index (χ1) is 12.2. The third kappa shape index (κ3) is 3.90. The molecule has 2 heterocycles. The average molecular weight is 523 g/mol. The van der Waals surface area contributed by atoms with Gasteiger partial charge < -0.3 is 5.32 Å². The van der Waals surface area contributed by atoms with E-state index >= 15 is 0 Å². The molecule has 0 fully saturated rings. The van der Waals surface area contributed by atoms with Crippen LogP contribution in [0.1, 0.15) is 4.88 Å². The van der Waals surface area contributed by atoms with Crippen molar-refractivity contribution in [2.24, 2.45) is 4.40 Å². The molecule has 0 bridgehead atoms. The molecule has 1 N–H and O–H groups in total. The molecular weight excluding hydrogens is 513 g/mol. The van der Waals surface area contributed by atoms with E-state index in [-0.39, 0.29) is 15.9 Å². The molecule has 0 spiro atoms. The van der Waals surface area contributed by atoms with Gasteiger partial charge in [-0.25, -0.2) is 8.70 Å². The SMILES string of the molecule is CN1C(C(=O)Nc2ccc(F)c(Br)c2)=CC(c2cc(Br)cs2)=NS1(=O)=O. The summed E-state index contributed by atoms with van der Waals surface area (Å²) in [7, 11) is -2.79. The van der Waals surface area contributed by atoms with E-state index in [0.29, 0.717) is 10.6 Å². The van der Waals surface area contributed by atoms with Crippen molar-refractivity contribution < 1.29 is 17.6 Å². The summed E-state index contributed by atoms with van der Waals surface area (Å²) >= 11 is 7.63. The van der Waals surface area contributed by atoms with Crippen LogP contribution < -0.4 is 5.32 Å². The molecule has 136 valence electrons. The third-order valence-electron chi connectivity index (χ3n) is 3.40. The van der Waals surface area contributed by atoms with Gasteiger partial charge in [-0.15, -0.1) is 15.7 Å². The molecule has 6 nitrogen and oxygen atoms in total. The molecule has 1 amide bonds. The number of thiophene rings is 1. The fourth-order valence-corrected chi connectivity index (χ4v) is 4.83. The Labute approximate surface area is 169 Å². The van der Waals surface area contributed by atoms with Crippen molar-refractivity contribution in [3.63, 3.8) is 0 Å². The Balaban J connectivity index is 1.95. The molecule has 0 atom stereocenters. The van der Waals surface area contributed by atoms with Crippen molar-refractivity contribution in [2.75, 3.05) is 12.4 Å². The number of hydrogen-bond acceptors (Lipinski definition) is 4. The van der Waals surface area contributed by atoms with Gasteiger partial charge in [-0.2, -0.15) is 8.42 Å². The lowest BCUT2D eigenvalue weighted by molar-refractivity contribution is -0.113. The van der Waals surface area contributed by atoms with Gasteiger partial charge in [0.25, 0.3) is 5.91 Å². The molecule has 2 aromatic rings. The van der Waals surface area contributed by atoms with Crippen molar-refractivity contribution in [1.82, 2.24) is 4.31 Å². The van der Waals surface area contributed by atoms with E-state index < -0.39 is 21.9 Å². The highest BCUT2D eigenvalue weighted by Gasteiger charge is 2.30. The maximum Gasteiger partial charge on any atom is 0.345 e. The monoisotopic (exact) mass is 521 g/mol. The number of carbonyl (C=O) groups excluding carboxylic acids is 1. The Morgan fingerprint density at radius 1 is 1.31 bits per heavy atom. The van der Waals surface area contributed by atoms with Crippen LogP contribution in [-0.4, -0.2) is 31.4 Å². The van der Waals surface area contributed by atoms with Gasteiger partial charge in [0.2, 0.25) is 0 Å². The second kappa shape index (κ2) is 7.22. The number of halogens is 3. The fourth-order valence-electron chi connectivity index (χ4n) is 2.10. The number of amides is 1. The number of allylic oxidation sites excluding steroid dienone is 1. The summed E-state index contributed by atoms with van der Waals surface area (Å²) in [5, 5.41) is 4.34. The minimum atomic E-state index is -4.04. The number of likely N-dealkylation sites (N-methyl/N-ethyl adjacent to an activating group) is 1. The van der Waals surface area contributed by atoms with Crippen LogP contribution in [0.4, 0.5) is 10.1 Å². The molecular formula is C15H10Br2FN3O3S2. The average Bonchev–Trinajstić information content (AvgIpc) is 2.99. The molecule has 1 aliphatic rings. The van der Waals surface area contributed by atoms with Gasteiger partial charge in [0.05, 0.1) is 15.1 Å². The lowest BCUT2D eigenvalue weighted by atomic mass is 10.2. The van der Waals surface area contributed by atoms with E-state index in [2.05, 4.69) is 41.6 Å². The number of benzene rings is 1. The number of anilines is 1. The van der Waals surface area contributed by atoms with E-state index in [1.54, 1.807) is 11.4 Å². The Morgan fingerprint density at radius 2 is 2.04 bits per heavy atom. The van der Waals surface area contributed by atoms with Crippen molar-refractivity contribution >= 4 is 70.7 Å². The molecule has 0 unspecified atom stereocenters. The minimum absolute atomic E-state index is 0.0973. The molecule has 26 heavy (non-hydrogen) atoms. The van der Waals surface area contributed by atoms with Crippen molar-refractivity contribution in [3.8, 4) is 0 Å². The van der Waals surface area contributed by atoms with Crippen LogP contribution in [-0.2, 0) is 15.0 Å². The second-order valence-corrected chi connectivity index (χ2v) is 9.47. The zero-order chi connectivity index (χ0) is 19.1. The maximum atomic E-state index is 13.3. The zero-order valence-corrected chi connectivity index (χ0v) is 17.8. The number of hydrogen-bond donors (Lipinski definition) is 1. The van der Waals surface area contributed by atoms with Crippen molar-refractivity contribution in [1.29, 1.82) is 0 Å². The first-order valence-corrected chi connectivity index (χ1v) is 10.8. The topological polar surface area (TPSA) is 78.8 Å². The van der Waals surface area contributed by atoms with E-state index in [9.17, 15) is 17.6 Å². The molecule has 1 aromatic carbocycles. The molecule has 0 radical (unpaired) electrons. The normalized spacial score (nSPS) is 16.1. The highest BCUT2D eigenvalue weighted by atomic mass is 79.9. The minimum Gasteiger partial charge on any atom is -0.321 e. The third-order valence-corrected chi connectivity index (χ3v) is 7.04. The van der Waals surface area contributed by atoms with Crippen molar-refractivity contribution in [3.05, 3.63) is 61.1 Å². The Hall–Kier alpha value is -1.56. The number of nitrogens with zero attached hydrogens (tertiary/aromatic N) is 2.